The van der Waals surface area contributed by atoms with Crippen molar-refractivity contribution in [3.8, 4) is 11.3 Å². The molecule has 138 valence electrons. The topological polar surface area (TPSA) is 37.8 Å². The van der Waals surface area contributed by atoms with E-state index in [1.54, 1.807) is 0 Å². The Morgan fingerprint density at radius 2 is 1.81 bits per heavy atom. The largest absolute Gasteiger partial charge is 0.306 e. The first-order valence-electron chi connectivity index (χ1n) is 9.83. The van der Waals surface area contributed by atoms with Gasteiger partial charge in [-0.25, -0.2) is 9.97 Å². The molecule has 0 radical (unpaired) electrons. The first kappa shape index (κ1) is 16.5. The number of nitrogens with zero attached hydrogens (tertiary/aromatic N) is 5. The minimum absolute atomic E-state index is 0.983. The van der Waals surface area contributed by atoms with Crippen molar-refractivity contribution in [3.63, 3.8) is 0 Å². The fourth-order valence-corrected chi connectivity index (χ4v) is 4.27. The molecule has 0 aromatic carbocycles. The van der Waals surface area contributed by atoms with Crippen molar-refractivity contribution in [2.24, 2.45) is 0 Å². The molecule has 0 aliphatic carbocycles. The third kappa shape index (κ3) is 2.92. The highest BCUT2D eigenvalue weighted by atomic mass is 15.1. The molecule has 0 atom stereocenters. The van der Waals surface area contributed by atoms with Crippen LogP contribution in [0, 0.1) is 13.8 Å². The van der Waals surface area contributed by atoms with Crippen LogP contribution in [0.15, 0.2) is 42.9 Å². The van der Waals surface area contributed by atoms with Crippen LogP contribution in [0.25, 0.3) is 22.6 Å². The molecule has 0 N–H and O–H groups in total. The van der Waals surface area contributed by atoms with Crippen LogP contribution in [0.1, 0.15) is 36.2 Å². The molecule has 1 aliphatic rings. The zero-order valence-electron chi connectivity index (χ0n) is 16.0. The molecular weight excluding hydrogens is 334 g/mol. The van der Waals surface area contributed by atoms with E-state index in [2.05, 4.69) is 62.3 Å². The van der Waals surface area contributed by atoms with E-state index in [4.69, 9.17) is 4.98 Å². The highest BCUT2D eigenvalue weighted by Crippen LogP contribution is 2.26. The van der Waals surface area contributed by atoms with Crippen LogP contribution < -0.4 is 0 Å². The maximum atomic E-state index is 4.75. The van der Waals surface area contributed by atoms with Crippen molar-refractivity contribution in [1.82, 2.24) is 23.7 Å². The van der Waals surface area contributed by atoms with Crippen LogP contribution in [-0.4, -0.2) is 36.8 Å². The fourth-order valence-electron chi connectivity index (χ4n) is 4.27. The van der Waals surface area contributed by atoms with Gasteiger partial charge >= 0.3 is 0 Å². The summed E-state index contributed by atoms with van der Waals surface area (Å²) in [5.41, 5.74) is 7.93. The summed E-state index contributed by atoms with van der Waals surface area (Å²) >= 11 is 0. The van der Waals surface area contributed by atoms with Gasteiger partial charge in [-0.1, -0.05) is 12.5 Å². The normalized spacial score (nSPS) is 15.8. The predicted octanol–water partition coefficient (Wildman–Crippen LogP) is 4.25. The monoisotopic (exact) mass is 359 g/mol. The average Bonchev–Trinajstić information content (AvgIpc) is 3.25. The van der Waals surface area contributed by atoms with Gasteiger partial charge in [0.2, 0.25) is 0 Å². The van der Waals surface area contributed by atoms with Crippen molar-refractivity contribution < 1.29 is 0 Å². The third-order valence-corrected chi connectivity index (χ3v) is 5.62. The smallest absolute Gasteiger partial charge is 0.141 e. The molecule has 5 heteroatoms. The highest BCUT2D eigenvalue weighted by Gasteiger charge is 2.16. The van der Waals surface area contributed by atoms with Crippen molar-refractivity contribution >= 4 is 11.3 Å². The molecule has 1 saturated heterocycles. The van der Waals surface area contributed by atoms with Crippen LogP contribution >= 0.6 is 0 Å². The second-order valence-corrected chi connectivity index (χ2v) is 7.70. The van der Waals surface area contributed by atoms with Gasteiger partial charge in [-0.2, -0.15) is 0 Å². The molecule has 0 amide bonds. The van der Waals surface area contributed by atoms with E-state index in [9.17, 15) is 0 Å². The second-order valence-electron chi connectivity index (χ2n) is 7.70. The number of hydrogen-bond donors (Lipinski definition) is 0. The maximum absolute atomic E-state index is 4.75. The molecule has 1 aliphatic heterocycles. The molecule has 4 aromatic heterocycles. The average molecular weight is 359 g/mol. The summed E-state index contributed by atoms with van der Waals surface area (Å²) in [4.78, 5) is 11.8. The summed E-state index contributed by atoms with van der Waals surface area (Å²) in [6.07, 6.45) is 10.2. The van der Waals surface area contributed by atoms with Crippen molar-refractivity contribution in [3.05, 3.63) is 59.8 Å². The molecular formula is C22H25N5. The quantitative estimate of drug-likeness (QED) is 0.549. The van der Waals surface area contributed by atoms with Gasteiger partial charge in [0.1, 0.15) is 11.3 Å². The van der Waals surface area contributed by atoms with Crippen LogP contribution in [-0.2, 0) is 6.54 Å². The van der Waals surface area contributed by atoms with Gasteiger partial charge < -0.3 is 4.40 Å². The van der Waals surface area contributed by atoms with E-state index in [1.807, 2.05) is 13.1 Å². The Labute approximate surface area is 159 Å². The van der Waals surface area contributed by atoms with Gasteiger partial charge in [0.25, 0.3) is 0 Å². The summed E-state index contributed by atoms with van der Waals surface area (Å²) in [7, 11) is 0. The first-order chi connectivity index (χ1) is 13.2. The van der Waals surface area contributed by atoms with Crippen molar-refractivity contribution in [1.29, 1.82) is 0 Å². The lowest BCUT2D eigenvalue weighted by atomic mass is 10.1. The lowest BCUT2D eigenvalue weighted by Crippen LogP contribution is -2.29. The molecule has 27 heavy (non-hydrogen) atoms. The Kier molecular flexibility index (Phi) is 3.97. The number of likely N-dealkylation sites (tertiary alicyclic amines) is 1. The van der Waals surface area contributed by atoms with E-state index in [0.29, 0.717) is 0 Å². The van der Waals surface area contributed by atoms with Gasteiger partial charge in [-0.05, 0) is 58.0 Å². The maximum Gasteiger partial charge on any atom is 0.141 e. The Morgan fingerprint density at radius 3 is 2.67 bits per heavy atom. The summed E-state index contributed by atoms with van der Waals surface area (Å²) in [6.45, 7) is 7.54. The number of aryl methyl sites for hydroxylation is 2. The SMILES string of the molecule is Cc1cn2cc(-c3ccc(CN4CCCCC4)c4ncc(C)n34)ccc2n1. The molecule has 5 nitrogen and oxygen atoms in total. The lowest BCUT2D eigenvalue weighted by Gasteiger charge is -2.26. The molecule has 0 saturated carbocycles. The summed E-state index contributed by atoms with van der Waals surface area (Å²) in [5.74, 6) is 0. The number of rotatable bonds is 3. The van der Waals surface area contributed by atoms with Crippen LogP contribution in [0.5, 0.6) is 0 Å². The molecule has 0 unspecified atom stereocenters. The molecule has 4 aromatic rings. The fraction of sp³-hybridized carbons (Fsp3) is 0.364. The molecule has 0 bridgehead atoms. The number of imidazole rings is 2. The van der Waals surface area contributed by atoms with Crippen LogP contribution in [0.3, 0.4) is 0 Å². The summed E-state index contributed by atoms with van der Waals surface area (Å²) in [6, 6.07) is 8.74. The number of piperidine rings is 1. The van der Waals surface area contributed by atoms with Crippen molar-refractivity contribution in [2.75, 3.05) is 13.1 Å². The Morgan fingerprint density at radius 1 is 0.963 bits per heavy atom. The Balaban J connectivity index is 1.60. The van der Waals surface area contributed by atoms with Crippen molar-refractivity contribution in [2.45, 2.75) is 39.7 Å². The predicted molar refractivity (Wildman–Crippen MR) is 108 cm³/mol. The number of fused-ring (bicyclic) bond motifs is 2. The van der Waals surface area contributed by atoms with Gasteiger partial charge in [0.05, 0.1) is 11.4 Å². The Bertz CT molecular complexity index is 1110. The molecule has 5 rings (SSSR count). The van der Waals surface area contributed by atoms with E-state index in [-0.39, 0.29) is 0 Å². The third-order valence-electron chi connectivity index (χ3n) is 5.62. The highest BCUT2D eigenvalue weighted by molar-refractivity contribution is 5.67. The molecule has 1 fully saturated rings. The standard InChI is InChI=1S/C22H25N5/c1-16-13-26-15-18(7-9-21(26)24-16)20-8-6-19(14-25-10-4-3-5-11-25)22-23-12-17(2)27(20)22/h6-9,12-13,15H,3-5,10-11,14H2,1-2H3. The van der Waals surface area contributed by atoms with Gasteiger partial charge in [-0.3, -0.25) is 9.30 Å². The lowest BCUT2D eigenvalue weighted by molar-refractivity contribution is 0.221. The van der Waals surface area contributed by atoms with Crippen LogP contribution in [0.2, 0.25) is 0 Å². The zero-order chi connectivity index (χ0) is 18.4. The van der Waals surface area contributed by atoms with E-state index in [1.165, 1.54) is 54.9 Å². The minimum Gasteiger partial charge on any atom is -0.306 e. The van der Waals surface area contributed by atoms with Gasteiger partial charge in [0.15, 0.2) is 0 Å². The first-order valence-corrected chi connectivity index (χ1v) is 9.83. The van der Waals surface area contributed by atoms with E-state index in [0.717, 1.165) is 23.5 Å². The minimum atomic E-state index is 0.983. The Hall–Kier alpha value is -2.66. The van der Waals surface area contributed by atoms with E-state index >= 15 is 0 Å². The molecule has 5 heterocycles. The van der Waals surface area contributed by atoms with Gasteiger partial charge in [0, 0.05) is 42.0 Å². The molecule has 0 spiro atoms. The van der Waals surface area contributed by atoms with Gasteiger partial charge in [-0.15, -0.1) is 0 Å². The number of aromatic nitrogens is 4. The summed E-state index contributed by atoms with van der Waals surface area (Å²) < 4.78 is 4.40. The second kappa shape index (κ2) is 6.50. The van der Waals surface area contributed by atoms with Crippen LogP contribution in [0.4, 0.5) is 0 Å². The van der Waals surface area contributed by atoms with E-state index < -0.39 is 0 Å². The summed E-state index contributed by atoms with van der Waals surface area (Å²) in [5, 5.41) is 0. The number of hydrogen-bond acceptors (Lipinski definition) is 3. The zero-order valence-corrected chi connectivity index (χ0v) is 16.0. The number of pyridine rings is 2.